The van der Waals surface area contributed by atoms with E-state index in [1.54, 1.807) is 0 Å². The van der Waals surface area contributed by atoms with Crippen LogP contribution >= 0.6 is 0 Å². The summed E-state index contributed by atoms with van der Waals surface area (Å²) in [6, 6.07) is 0. The van der Waals surface area contributed by atoms with E-state index in [0.29, 0.717) is 0 Å². The SMILES string of the molecule is C=CC[N]. The van der Waals surface area contributed by atoms with Crippen LogP contribution in [0.15, 0.2) is 12.7 Å². The maximum Gasteiger partial charge on any atom is 0.0500 e. The van der Waals surface area contributed by atoms with Crippen molar-refractivity contribution < 1.29 is 0 Å². The minimum absolute atomic E-state index is 0.0833. The highest BCUT2D eigenvalue weighted by Gasteiger charge is 1.48. The number of nitrogens with zero attached hydrogens (tertiary/aromatic N) is 1. The molecular weight excluding hydrogens is 50.0 g/mol. The molecule has 22 valence electrons. The fourth-order valence-corrected chi connectivity index (χ4v) is 0. The molecule has 0 aromatic heterocycles. The van der Waals surface area contributed by atoms with Crippen molar-refractivity contribution in [1.29, 1.82) is 0 Å². The second kappa shape index (κ2) is 2.70. The van der Waals surface area contributed by atoms with Gasteiger partial charge in [-0.3, -0.25) is 0 Å². The molecule has 0 aromatic carbocycles. The lowest BCUT2D eigenvalue weighted by Gasteiger charge is -1.55. The van der Waals surface area contributed by atoms with E-state index in [1.165, 1.54) is 6.08 Å². The van der Waals surface area contributed by atoms with Gasteiger partial charge in [-0.2, -0.15) is 0 Å². The van der Waals surface area contributed by atoms with Crippen molar-refractivity contribution >= 4 is 0 Å². The van der Waals surface area contributed by atoms with Crippen molar-refractivity contribution in [3.05, 3.63) is 12.7 Å². The molecular formula is C3H5N. The summed E-state index contributed by atoms with van der Waals surface area (Å²) in [7, 11) is 0. The summed E-state index contributed by atoms with van der Waals surface area (Å²) < 4.78 is 0. The van der Waals surface area contributed by atoms with Crippen molar-refractivity contribution in [2.45, 2.75) is 0 Å². The van der Waals surface area contributed by atoms with E-state index in [1.807, 2.05) is 0 Å². The van der Waals surface area contributed by atoms with Crippen LogP contribution in [0.1, 0.15) is 0 Å². The zero-order valence-corrected chi connectivity index (χ0v) is 2.44. The predicted molar refractivity (Wildman–Crippen MR) is 17.2 cm³/mol. The maximum absolute atomic E-state index is 7.76. The van der Waals surface area contributed by atoms with E-state index in [2.05, 4.69) is 6.58 Å². The van der Waals surface area contributed by atoms with Gasteiger partial charge in [0.25, 0.3) is 0 Å². The smallest absolute Gasteiger partial charge is 0.0500 e. The Labute approximate surface area is 26.1 Å². The van der Waals surface area contributed by atoms with Crippen molar-refractivity contribution in [3.8, 4) is 0 Å². The highest BCUT2D eigenvalue weighted by atomic mass is 14.5. The molecule has 0 atom stereocenters. The summed E-state index contributed by atoms with van der Waals surface area (Å²) in [4.78, 5) is 0. The van der Waals surface area contributed by atoms with E-state index in [9.17, 15) is 0 Å². The quantitative estimate of drug-likeness (QED) is 0.383. The van der Waals surface area contributed by atoms with Crippen molar-refractivity contribution in [1.82, 2.24) is 5.73 Å². The van der Waals surface area contributed by atoms with Crippen LogP contribution in [-0.4, -0.2) is 6.54 Å². The van der Waals surface area contributed by atoms with Gasteiger partial charge in [-0.1, -0.05) is 6.08 Å². The van der Waals surface area contributed by atoms with E-state index < -0.39 is 0 Å². The van der Waals surface area contributed by atoms with E-state index in [0.717, 1.165) is 0 Å². The van der Waals surface area contributed by atoms with Gasteiger partial charge in [-0.25, -0.2) is 0 Å². The van der Waals surface area contributed by atoms with Crippen molar-refractivity contribution in [2.75, 3.05) is 6.54 Å². The van der Waals surface area contributed by atoms with Gasteiger partial charge >= 0.3 is 0 Å². The van der Waals surface area contributed by atoms with Crippen LogP contribution in [0, 0.1) is 0 Å². The van der Waals surface area contributed by atoms with Gasteiger partial charge in [0, 0.05) is 6.54 Å². The lowest BCUT2D eigenvalue weighted by molar-refractivity contribution is 1.20. The molecule has 1 nitrogen and oxygen atoms in total. The Kier molecular flexibility index (Phi) is 2.50. The predicted octanol–water partition coefficient (Wildman–Crippen LogP) is 0.241. The lowest BCUT2D eigenvalue weighted by Crippen LogP contribution is -1.68. The van der Waals surface area contributed by atoms with E-state index in [-0.39, 0.29) is 6.54 Å². The van der Waals surface area contributed by atoms with Gasteiger partial charge < -0.3 is 0 Å². The molecule has 2 radical (unpaired) electrons. The monoisotopic (exact) mass is 55.0 g/mol. The van der Waals surface area contributed by atoms with Gasteiger partial charge in [-0.05, 0) is 0 Å². The van der Waals surface area contributed by atoms with Crippen molar-refractivity contribution in [3.63, 3.8) is 0 Å². The van der Waals surface area contributed by atoms with Gasteiger partial charge in [-0.15, -0.1) is 12.3 Å². The molecule has 0 amide bonds. The Morgan fingerprint density at radius 2 is 2.25 bits per heavy atom. The number of hydrogen-bond donors (Lipinski definition) is 0. The van der Waals surface area contributed by atoms with Crippen LogP contribution in [0.2, 0.25) is 0 Å². The first kappa shape index (κ1) is 3.70. The molecule has 0 aliphatic rings. The molecule has 4 heavy (non-hydrogen) atoms. The minimum atomic E-state index is 0.0833. The fraction of sp³-hybridized carbons (Fsp3) is 0.333. The summed E-state index contributed by atoms with van der Waals surface area (Å²) >= 11 is 0. The lowest BCUT2D eigenvalue weighted by atomic mass is 10.7. The molecule has 0 N–H and O–H groups in total. The molecule has 0 fully saturated rings. The first-order valence-corrected chi connectivity index (χ1v) is 1.13. The third-order valence-electron chi connectivity index (χ3n) is 0.129. The topological polar surface area (TPSA) is 22.3 Å². The highest BCUT2D eigenvalue weighted by Crippen LogP contribution is 1.44. The summed E-state index contributed by atoms with van der Waals surface area (Å²) in [5.74, 6) is 0. The third kappa shape index (κ3) is 1.70. The molecule has 0 aromatic rings. The summed E-state index contributed by atoms with van der Waals surface area (Å²) in [6.45, 7) is 3.31. The minimum Gasteiger partial charge on any atom is -0.140 e. The molecule has 0 saturated carbocycles. The largest absolute Gasteiger partial charge is 0.140 e. The Hall–Kier alpha value is -0.300. The Balaban J connectivity index is 2.30. The summed E-state index contributed by atoms with van der Waals surface area (Å²) in [5.41, 5.74) is 7.76. The molecule has 0 aliphatic heterocycles. The Bertz CT molecular complexity index is 17.2. The van der Waals surface area contributed by atoms with Gasteiger partial charge in [0.15, 0.2) is 0 Å². The molecule has 0 heterocycles. The maximum atomic E-state index is 7.76. The van der Waals surface area contributed by atoms with Crippen LogP contribution in [0.5, 0.6) is 0 Å². The molecule has 0 aliphatic carbocycles. The molecule has 0 rings (SSSR count). The summed E-state index contributed by atoms with van der Waals surface area (Å²) in [5, 5.41) is 0. The standard InChI is InChI=1S/C3H5N/c1-2-3-4/h2H,1,3H2. The number of hydrogen-bond acceptors (Lipinski definition) is 0. The van der Waals surface area contributed by atoms with Crippen LogP contribution in [0.25, 0.3) is 0 Å². The molecule has 0 unspecified atom stereocenters. The fourth-order valence-electron chi connectivity index (χ4n) is 0. The van der Waals surface area contributed by atoms with Gasteiger partial charge in [0.05, 0.1) is 0 Å². The second-order valence-electron chi connectivity index (χ2n) is 0.471. The highest BCUT2D eigenvalue weighted by molar-refractivity contribution is 4.64. The summed E-state index contributed by atoms with van der Waals surface area (Å²) in [6.07, 6.45) is 1.43. The average Bonchev–Trinajstić information content (AvgIpc) is 1.37. The Morgan fingerprint density at radius 1 is 2.00 bits per heavy atom. The normalized spacial score (nSPS) is 6.25. The van der Waals surface area contributed by atoms with Crippen molar-refractivity contribution in [2.24, 2.45) is 0 Å². The van der Waals surface area contributed by atoms with Crippen LogP contribution in [0.4, 0.5) is 0 Å². The third-order valence-corrected chi connectivity index (χ3v) is 0.129. The number of rotatable bonds is 1. The average molecular weight is 55.1 g/mol. The molecule has 0 saturated heterocycles. The van der Waals surface area contributed by atoms with Gasteiger partial charge in [0.1, 0.15) is 0 Å². The molecule has 0 bridgehead atoms. The zero-order valence-electron chi connectivity index (χ0n) is 2.44. The second-order valence-corrected chi connectivity index (χ2v) is 0.471. The van der Waals surface area contributed by atoms with Crippen LogP contribution in [0.3, 0.4) is 0 Å². The van der Waals surface area contributed by atoms with Crippen LogP contribution < -0.4 is 5.73 Å². The zero-order chi connectivity index (χ0) is 3.41. The first-order chi connectivity index (χ1) is 1.91. The van der Waals surface area contributed by atoms with E-state index in [4.69, 9.17) is 5.73 Å². The van der Waals surface area contributed by atoms with Gasteiger partial charge in [0.2, 0.25) is 0 Å². The Morgan fingerprint density at radius 3 is 2.25 bits per heavy atom. The molecule has 1 heteroatoms. The first-order valence-electron chi connectivity index (χ1n) is 1.13. The van der Waals surface area contributed by atoms with E-state index >= 15 is 0 Å². The van der Waals surface area contributed by atoms with Crippen LogP contribution in [-0.2, 0) is 0 Å². The molecule has 0 spiro atoms.